The molecule has 9 heteroatoms. The van der Waals surface area contributed by atoms with Crippen molar-refractivity contribution in [2.45, 2.75) is 20.0 Å². The van der Waals surface area contributed by atoms with Gasteiger partial charge in [0.1, 0.15) is 6.54 Å². The van der Waals surface area contributed by atoms with E-state index < -0.39 is 34.9 Å². The van der Waals surface area contributed by atoms with E-state index in [1.54, 1.807) is 36.8 Å². The molecule has 0 unspecified atom stereocenters. The monoisotopic (exact) mass is 313 g/mol. The van der Waals surface area contributed by atoms with Crippen molar-refractivity contribution in [3.8, 4) is 0 Å². The van der Waals surface area contributed by atoms with E-state index in [4.69, 9.17) is 4.74 Å². The lowest BCUT2D eigenvalue weighted by Crippen LogP contribution is -2.49. The SMILES string of the molecule is CC(C)OC(=O)NS(=O)(=O)N1CC(=O)Nc2ccccc21. The lowest BCUT2D eigenvalue weighted by molar-refractivity contribution is -0.115. The zero-order chi connectivity index (χ0) is 15.6. The van der Waals surface area contributed by atoms with Gasteiger partial charge in [-0.25, -0.2) is 13.8 Å². The van der Waals surface area contributed by atoms with E-state index in [0.717, 1.165) is 4.31 Å². The zero-order valence-corrected chi connectivity index (χ0v) is 12.3. The minimum absolute atomic E-state index is 0.280. The van der Waals surface area contributed by atoms with Gasteiger partial charge < -0.3 is 10.1 Å². The lowest BCUT2D eigenvalue weighted by atomic mass is 10.2. The average Bonchev–Trinajstić information content (AvgIpc) is 2.35. The molecule has 2 amide bonds. The van der Waals surface area contributed by atoms with Crippen molar-refractivity contribution in [2.75, 3.05) is 16.2 Å². The number of ether oxygens (including phenoxy) is 1. The quantitative estimate of drug-likeness (QED) is 0.859. The summed E-state index contributed by atoms with van der Waals surface area (Å²) in [6, 6.07) is 6.39. The maximum atomic E-state index is 12.2. The number of rotatable bonds is 3. The van der Waals surface area contributed by atoms with Gasteiger partial charge in [0.2, 0.25) is 5.91 Å². The highest BCUT2D eigenvalue weighted by Gasteiger charge is 2.32. The molecule has 1 aromatic rings. The molecule has 0 aromatic heterocycles. The number of hydrogen-bond acceptors (Lipinski definition) is 5. The summed E-state index contributed by atoms with van der Waals surface area (Å²) < 4.78 is 31.8. The summed E-state index contributed by atoms with van der Waals surface area (Å²) in [7, 11) is -4.23. The van der Waals surface area contributed by atoms with Gasteiger partial charge in [-0.3, -0.25) is 4.79 Å². The number of benzene rings is 1. The Hall–Kier alpha value is -2.29. The molecular formula is C12H15N3O5S. The molecule has 1 heterocycles. The van der Waals surface area contributed by atoms with Gasteiger partial charge in [-0.15, -0.1) is 0 Å². The molecule has 0 saturated carbocycles. The van der Waals surface area contributed by atoms with E-state index in [1.807, 2.05) is 0 Å². The van der Waals surface area contributed by atoms with E-state index in [2.05, 4.69) is 5.32 Å². The normalized spacial score (nSPS) is 14.4. The van der Waals surface area contributed by atoms with Crippen LogP contribution in [0.3, 0.4) is 0 Å². The second-order valence-electron chi connectivity index (χ2n) is 4.63. The number of carbonyl (C=O) groups is 2. The lowest BCUT2D eigenvalue weighted by Gasteiger charge is -2.29. The molecule has 1 aliphatic rings. The van der Waals surface area contributed by atoms with E-state index >= 15 is 0 Å². The van der Waals surface area contributed by atoms with Gasteiger partial charge in [-0.2, -0.15) is 8.42 Å². The van der Waals surface area contributed by atoms with Gasteiger partial charge in [-0.05, 0) is 26.0 Å². The minimum atomic E-state index is -4.23. The molecule has 0 bridgehead atoms. The third-order valence-corrected chi connectivity index (χ3v) is 3.91. The van der Waals surface area contributed by atoms with Crippen LogP contribution in [0.5, 0.6) is 0 Å². The molecule has 0 spiro atoms. The van der Waals surface area contributed by atoms with E-state index in [1.165, 1.54) is 6.07 Å². The Morgan fingerprint density at radius 1 is 1.38 bits per heavy atom. The number of amides is 2. The van der Waals surface area contributed by atoms with Crippen molar-refractivity contribution in [2.24, 2.45) is 0 Å². The fourth-order valence-corrected chi connectivity index (χ4v) is 2.89. The van der Waals surface area contributed by atoms with Crippen LogP contribution in [-0.2, 0) is 19.7 Å². The Morgan fingerprint density at radius 3 is 2.71 bits per heavy atom. The first kappa shape index (κ1) is 15.1. The van der Waals surface area contributed by atoms with E-state index in [9.17, 15) is 18.0 Å². The van der Waals surface area contributed by atoms with Gasteiger partial charge in [-0.1, -0.05) is 12.1 Å². The van der Waals surface area contributed by atoms with Crippen molar-refractivity contribution in [1.82, 2.24) is 4.72 Å². The molecule has 0 radical (unpaired) electrons. The molecule has 8 nitrogen and oxygen atoms in total. The summed E-state index contributed by atoms with van der Waals surface area (Å²) >= 11 is 0. The molecule has 2 rings (SSSR count). The van der Waals surface area contributed by atoms with Crippen LogP contribution in [0.2, 0.25) is 0 Å². The van der Waals surface area contributed by atoms with Crippen molar-refractivity contribution < 1.29 is 22.7 Å². The summed E-state index contributed by atoms with van der Waals surface area (Å²) in [6.45, 7) is 2.77. The van der Waals surface area contributed by atoms with Crippen LogP contribution in [-0.4, -0.2) is 33.1 Å². The molecule has 2 N–H and O–H groups in total. The summed E-state index contributed by atoms with van der Waals surface area (Å²) in [4.78, 5) is 23.1. The van der Waals surface area contributed by atoms with Crippen LogP contribution in [0.15, 0.2) is 24.3 Å². The van der Waals surface area contributed by atoms with Gasteiger partial charge in [0.15, 0.2) is 0 Å². The van der Waals surface area contributed by atoms with Crippen LogP contribution in [0.4, 0.5) is 16.2 Å². The highest BCUT2D eigenvalue weighted by Crippen LogP contribution is 2.30. The first-order valence-corrected chi connectivity index (χ1v) is 7.63. The fourth-order valence-electron chi connectivity index (χ4n) is 1.82. The molecule has 0 saturated heterocycles. The van der Waals surface area contributed by atoms with Crippen molar-refractivity contribution in [3.63, 3.8) is 0 Å². The number of para-hydroxylation sites is 2. The Kier molecular flexibility index (Phi) is 4.03. The average molecular weight is 313 g/mol. The molecule has 0 aliphatic carbocycles. The van der Waals surface area contributed by atoms with Crippen molar-refractivity contribution in [3.05, 3.63) is 24.3 Å². The summed E-state index contributed by atoms with van der Waals surface area (Å²) in [5.74, 6) is -0.490. The van der Waals surface area contributed by atoms with Gasteiger partial charge in [0, 0.05) is 0 Å². The molecule has 1 aromatic carbocycles. The predicted molar refractivity (Wildman–Crippen MR) is 76.1 cm³/mol. The first-order valence-electron chi connectivity index (χ1n) is 6.19. The van der Waals surface area contributed by atoms with E-state index in [-0.39, 0.29) is 5.69 Å². The second-order valence-corrected chi connectivity index (χ2v) is 6.23. The third kappa shape index (κ3) is 3.43. The Balaban J connectivity index is 2.28. The first-order chi connectivity index (χ1) is 9.79. The summed E-state index contributed by atoms with van der Waals surface area (Å²) in [6.07, 6.45) is -1.55. The number of nitrogens with zero attached hydrogens (tertiary/aromatic N) is 1. The zero-order valence-electron chi connectivity index (χ0n) is 11.5. The number of fused-ring (bicyclic) bond motifs is 1. The van der Waals surface area contributed by atoms with Gasteiger partial charge in [0.25, 0.3) is 0 Å². The maximum Gasteiger partial charge on any atom is 0.422 e. The smallest absolute Gasteiger partial charge is 0.422 e. The molecule has 1 aliphatic heterocycles. The van der Waals surface area contributed by atoms with Crippen molar-refractivity contribution >= 4 is 33.6 Å². The third-order valence-electron chi connectivity index (χ3n) is 2.58. The van der Waals surface area contributed by atoms with E-state index in [0.29, 0.717) is 5.69 Å². The predicted octanol–water partition coefficient (Wildman–Crippen LogP) is 0.824. The molecule has 114 valence electrons. The second kappa shape index (κ2) is 5.60. The topological polar surface area (TPSA) is 105 Å². The molecular weight excluding hydrogens is 298 g/mol. The van der Waals surface area contributed by atoms with Crippen molar-refractivity contribution in [1.29, 1.82) is 0 Å². The van der Waals surface area contributed by atoms with Crippen LogP contribution in [0, 0.1) is 0 Å². The highest BCUT2D eigenvalue weighted by molar-refractivity contribution is 7.91. The molecule has 0 atom stereocenters. The Morgan fingerprint density at radius 2 is 2.05 bits per heavy atom. The minimum Gasteiger partial charge on any atom is -0.446 e. The summed E-state index contributed by atoms with van der Waals surface area (Å²) in [5.41, 5.74) is 0.637. The van der Waals surface area contributed by atoms with Crippen LogP contribution in [0.25, 0.3) is 0 Å². The Bertz CT molecular complexity index is 671. The summed E-state index contributed by atoms with van der Waals surface area (Å²) in [5, 5.41) is 2.56. The van der Waals surface area contributed by atoms with Gasteiger partial charge in [0.05, 0.1) is 17.5 Å². The molecule has 21 heavy (non-hydrogen) atoms. The number of anilines is 2. The van der Waals surface area contributed by atoms with Crippen LogP contribution < -0.4 is 14.3 Å². The van der Waals surface area contributed by atoms with Crippen LogP contribution in [0.1, 0.15) is 13.8 Å². The number of hydrogen-bond donors (Lipinski definition) is 2. The maximum absolute atomic E-state index is 12.2. The largest absolute Gasteiger partial charge is 0.446 e. The standard InChI is InChI=1S/C12H15N3O5S/c1-8(2)20-12(17)14-21(18,19)15-7-11(16)13-9-5-3-4-6-10(9)15/h3-6,8H,7H2,1-2H3,(H,13,16)(H,14,17). The van der Waals surface area contributed by atoms with Gasteiger partial charge >= 0.3 is 16.3 Å². The molecule has 0 fully saturated rings. The Labute approximate surface area is 122 Å². The van der Waals surface area contributed by atoms with Crippen LogP contribution >= 0.6 is 0 Å². The fraction of sp³-hybridized carbons (Fsp3) is 0.333. The highest BCUT2D eigenvalue weighted by atomic mass is 32.2. The number of carbonyl (C=O) groups excluding carboxylic acids is 2. The number of nitrogens with one attached hydrogen (secondary N) is 2.